The Hall–Kier alpha value is -15.8. The fourth-order valence-electron chi connectivity index (χ4n) is 9.82. The molecule has 6 aromatic carbocycles. The molecule has 0 atom stereocenters. The molecular weight excluding hydrogens is 1770 g/mol. The topological polar surface area (TPSA) is 1070 Å². The zero-order chi connectivity index (χ0) is 85.4. The number of halogens is 2. The van der Waals surface area contributed by atoms with E-state index in [9.17, 15) is 156 Å². The van der Waals surface area contributed by atoms with Crippen LogP contribution in [0.15, 0.2) is 47.3 Å². The van der Waals surface area contributed by atoms with E-state index in [1.165, 1.54) is 0 Å². The second kappa shape index (κ2) is 36.5. The maximum absolute atomic E-state index is 11.5. The van der Waals surface area contributed by atoms with E-state index in [0.29, 0.717) is 0 Å². The number of azide groups is 2. The molecule has 0 unspecified atom stereocenters. The Morgan fingerprint density at radius 1 is 0.370 bits per heavy atom. The van der Waals surface area contributed by atoms with Gasteiger partial charge in [-0.05, 0) is 65.2 Å². The summed E-state index contributed by atoms with van der Waals surface area (Å²) in [4.78, 5) is 170. The first-order chi connectivity index (χ1) is 54.2. The van der Waals surface area contributed by atoms with Crippen LogP contribution in [0.3, 0.4) is 0 Å². The van der Waals surface area contributed by atoms with Gasteiger partial charge in [-0.25, -0.2) is 0 Å². The predicted molar refractivity (Wildman–Crippen MR) is 346 cm³/mol. The summed E-state index contributed by atoms with van der Waals surface area (Å²) in [5.41, 5.74) is -2.32. The van der Waals surface area contributed by atoms with Crippen LogP contribution in [0.4, 0.5) is 68.2 Å². The van der Waals surface area contributed by atoms with Crippen LogP contribution in [0.2, 0.25) is 10.0 Å². The number of H-pyrrole nitrogens is 6. The molecule has 79 heteroatoms. The zero-order valence-electron chi connectivity index (χ0n) is 56.1. The van der Waals surface area contributed by atoms with Gasteiger partial charge in [-0.15, -0.1) is 0 Å². The molecule has 0 amide bonds. The second-order valence-corrected chi connectivity index (χ2v) is 20.5. The molecule has 0 aliphatic rings. The van der Waals surface area contributed by atoms with E-state index < -0.39 is 200 Å². The number of hydrogen-bond donors (Lipinski definition) is 9. The third-order valence-electron chi connectivity index (χ3n) is 14.1. The van der Waals surface area contributed by atoms with Crippen molar-refractivity contribution in [1.29, 1.82) is 0 Å². The molecule has 11 N–H and O–H groups in total. The van der Waals surface area contributed by atoms with Gasteiger partial charge in [-0.3, -0.25) is 106 Å². The Bertz CT molecular complexity index is 7060. The summed E-state index contributed by atoms with van der Waals surface area (Å²) >= 11 is 11.0. The fourth-order valence-corrected chi connectivity index (χ4v) is 10.5. The number of methoxy groups -OCH3 is 3. The molecule has 0 fully saturated rings. The average Bonchev–Trinajstić information content (AvgIpc) is 1.62. The van der Waals surface area contributed by atoms with Gasteiger partial charge in [0, 0.05) is 9.82 Å². The van der Waals surface area contributed by atoms with Crippen LogP contribution < -0.4 is 154 Å². The van der Waals surface area contributed by atoms with Crippen LogP contribution in [0.5, 0.6) is 34.5 Å². The Balaban J connectivity index is 0.000000253. The smallest absolute Gasteiger partial charge is 0.500 e. The normalized spacial score (nSPS) is 10.3. The summed E-state index contributed by atoms with van der Waals surface area (Å²) in [5, 5.41) is 183. The molecule has 0 bridgehead atoms. The first kappa shape index (κ1) is 93.8. The van der Waals surface area contributed by atoms with Crippen molar-refractivity contribution in [2.75, 3.05) is 21.3 Å². The van der Waals surface area contributed by atoms with Crippen molar-refractivity contribution in [3.63, 3.8) is 0 Å². The number of aromatic hydroxyl groups is 3. The molecule has 0 spiro atoms. The molecule has 0 aliphatic carbocycles. The molecule has 14 aromatic rings. The van der Waals surface area contributed by atoms with Gasteiger partial charge in [0.2, 0.25) is 15.8 Å². The Kier molecular flexibility index (Phi) is 28.8. The monoisotopic (exact) mass is 1790 g/mol. The standard InChI is InChI=1S/C7H3Cl2N3O7.C7H3N9O7.C7H5N5O7.C6H2N5O7.2C6HN5O7.CH4.2K.H2O/c1-19-7-5(11(15)16)2(8)4(10(13)14)3(9)6(7)12(17)18;1-23-7-5(15(19)20)2(10-12-8)4(14(17)18)3(11-13-9)6(7)16(21)22;1-17-7-5(10(13)14)2-4(11(15)18-8-2)3-6(7)12(16)19-9-3;2*12-6-4(9(13)14)1-3(10(15)17-7-1)2-5(6)11(16)18-8-2;12-6-4-1(7-17-10(4)15)3(9(13)14)2-5(6)11(16)18-8-2;;;;/h1H3;1H3;8-9H,1H3;(H2-,7,8,12,15,16);2*(H-,7,8,12,15);1H4;;;1H2/q;;+2;+1;;;;2*+1;/p+3. The Labute approximate surface area is 721 Å². The Morgan fingerprint density at radius 3 is 1.08 bits per heavy atom. The van der Waals surface area contributed by atoms with Gasteiger partial charge in [0.05, 0.1) is 75.7 Å². The van der Waals surface area contributed by atoms with Crippen LogP contribution in [0.25, 0.3) is 109 Å². The van der Waals surface area contributed by atoms with Crippen molar-refractivity contribution in [3.05, 3.63) is 172 Å². The van der Waals surface area contributed by atoms with Gasteiger partial charge in [-0.2, -0.15) is 5.16 Å². The summed E-state index contributed by atoms with van der Waals surface area (Å²) < 4.78 is 47.7. The summed E-state index contributed by atoms with van der Waals surface area (Å²) in [6.45, 7) is 0. The van der Waals surface area contributed by atoms with E-state index in [0.717, 1.165) is 21.3 Å². The van der Waals surface area contributed by atoms with Gasteiger partial charge in [0.1, 0.15) is 0 Å². The number of aromatic nitrogens is 16. The number of aromatic amines is 6. The molecule has 0 radical (unpaired) electrons. The average molecular weight is 1790 g/mol. The minimum atomic E-state index is -1.39. The number of phenolic OH excluding ortho intramolecular Hbond substituents is 3. The van der Waals surface area contributed by atoms with Crippen molar-refractivity contribution in [3.8, 4) is 34.5 Å². The van der Waals surface area contributed by atoms with Crippen molar-refractivity contribution in [2.24, 2.45) is 10.2 Å². The molecule has 0 saturated carbocycles. The Morgan fingerprint density at radius 2 is 0.681 bits per heavy atom. The number of benzene rings is 6. The number of hydrogen-bond acceptors (Lipinski definition) is 46. The van der Waals surface area contributed by atoms with Gasteiger partial charge in [0.15, 0.2) is 44.1 Å². The van der Waals surface area contributed by atoms with Crippen LogP contribution in [-0.4, -0.2) is 133 Å². The van der Waals surface area contributed by atoms with Gasteiger partial charge < -0.3 is 50.0 Å². The predicted octanol–water partition coefficient (Wildman–Crippen LogP) is -3.16. The molecular formula is C40H24Cl2K2N32O43+8. The number of nitro groups is 10. The number of nitrogens with zero attached hydrogens (tertiary/aromatic N) is 26. The largest absolute Gasteiger partial charge is 1.00 e. The van der Waals surface area contributed by atoms with E-state index in [2.05, 4.69) is 92.3 Å². The maximum Gasteiger partial charge on any atom is 1.00 e. The van der Waals surface area contributed by atoms with Crippen molar-refractivity contribution >= 4 is 180 Å². The van der Waals surface area contributed by atoms with E-state index in [1.54, 1.807) is 0 Å². The minimum Gasteiger partial charge on any atom is -0.500 e. The number of nitro benzene ring substituents is 10. The summed E-state index contributed by atoms with van der Waals surface area (Å²) in [7, 11) is 2.86. The number of non-ortho nitro benzene ring substituents is 1. The van der Waals surface area contributed by atoms with Crippen LogP contribution >= 0.6 is 23.2 Å². The SMILES string of the molecule is C.COc1c([N+](=O)[O-])c(Cl)c([N+](=O)[O-])c(Cl)c1[N+](=O)[O-].COc1c([N+](=O)[O-])c(N=[N+]=[N-])c([N+](=O)[O-])c(N=[N+]=[N-])c1[N+](=O)[O-].COc1c([N+](=O)[O-])c2[nH]o[n+](=O)c2c2[nH]o[n+](=O)c12.O.O=[N+]([O-])c1c(O)c2c([nH]o[n+]2=O)c2c1[nH]o[n+]2=O.O=[N+]([O-])c1c(O)c2c([nH]o[n+]2[O-])c2c1no[n+]2=O.O=[N+]([O-])c1c2no[n+]([O-])c2c(O)c2c1[nH]o[n+]2=O.[K+].[K+]. The maximum atomic E-state index is 11.5. The molecule has 8 heterocycles. The first-order valence-electron chi connectivity index (χ1n) is 27.3. The second-order valence-electron chi connectivity index (χ2n) is 19.7. The van der Waals surface area contributed by atoms with Crippen LogP contribution in [-0.2, 0) is 0 Å². The summed E-state index contributed by atoms with van der Waals surface area (Å²) in [6, 6.07) is 0. The third-order valence-corrected chi connectivity index (χ3v) is 14.8. The fraction of sp³-hybridized carbons (Fsp3) is 0.100. The van der Waals surface area contributed by atoms with E-state index in [1.807, 2.05) is 15.5 Å². The van der Waals surface area contributed by atoms with Gasteiger partial charge in [0.25, 0.3) is 56.3 Å². The molecule has 0 saturated heterocycles. The number of fused-ring (bicyclic) bond motifs is 11. The third kappa shape index (κ3) is 16.1. The molecule has 8 aromatic heterocycles. The van der Waals surface area contributed by atoms with Gasteiger partial charge >= 0.3 is 220 Å². The molecule has 0 aliphatic heterocycles. The minimum absolute atomic E-state index is 0. The van der Waals surface area contributed by atoms with Crippen molar-refractivity contribution in [1.82, 2.24) is 41.3 Å². The molecule has 14 rings (SSSR count). The van der Waals surface area contributed by atoms with Crippen molar-refractivity contribution in [2.45, 2.75) is 7.43 Å². The number of ether oxygens (including phenoxy) is 3. The zero-order valence-corrected chi connectivity index (χ0v) is 63.9. The molecule has 119 heavy (non-hydrogen) atoms. The molecule has 610 valence electrons. The quantitative estimate of drug-likeness (QED) is 0.00930. The van der Waals surface area contributed by atoms with E-state index >= 15 is 0 Å². The summed E-state index contributed by atoms with van der Waals surface area (Å²) in [5.74, 6) is -5.02. The van der Waals surface area contributed by atoms with Crippen LogP contribution in [0, 0.1) is 141 Å². The number of phenols is 3. The van der Waals surface area contributed by atoms with Crippen molar-refractivity contribution < 1.29 is 261 Å². The summed E-state index contributed by atoms with van der Waals surface area (Å²) in [6.07, 6.45) is 0. The van der Waals surface area contributed by atoms with E-state index in [-0.39, 0.29) is 203 Å². The molecule has 75 nitrogen and oxygen atoms in total. The number of nitrogens with one attached hydrogen (secondary N) is 6. The van der Waals surface area contributed by atoms with Gasteiger partial charge in [-0.1, -0.05) is 79.6 Å². The number of rotatable bonds is 15. The first-order valence-corrected chi connectivity index (χ1v) is 28.0. The van der Waals surface area contributed by atoms with Crippen LogP contribution in [0.1, 0.15) is 7.43 Å². The van der Waals surface area contributed by atoms with E-state index in [4.69, 9.17) is 39.0 Å².